The lowest BCUT2D eigenvalue weighted by molar-refractivity contribution is 0.0780. The second kappa shape index (κ2) is 7.32. The number of nitrogens with zero attached hydrogens (tertiary/aromatic N) is 1. The van der Waals surface area contributed by atoms with E-state index in [-0.39, 0.29) is 11.8 Å². The summed E-state index contributed by atoms with van der Waals surface area (Å²) < 4.78 is 0. The van der Waals surface area contributed by atoms with Gasteiger partial charge in [0.1, 0.15) is 11.4 Å². The third kappa shape index (κ3) is 3.94. The molecular weight excluding hydrogens is 351 g/mol. The predicted octanol–water partition coefficient (Wildman–Crippen LogP) is 2.93. The molecule has 0 spiro atoms. The van der Waals surface area contributed by atoms with Crippen molar-refractivity contribution in [2.75, 3.05) is 19.6 Å². The fraction of sp³-hybridized carbons (Fsp3) is 0.375. The Bertz CT molecular complexity index is 740. The Morgan fingerprint density at radius 3 is 2.46 bits per heavy atom. The van der Waals surface area contributed by atoms with Gasteiger partial charge in [0.15, 0.2) is 0 Å². The average Bonchev–Trinajstić information content (AvgIpc) is 3.27. The van der Waals surface area contributed by atoms with E-state index in [1.807, 2.05) is 4.90 Å². The Hall–Kier alpha value is -1.92. The molecule has 1 atom stereocenters. The number of H-pyrrole nitrogens is 2. The lowest BCUT2D eigenvalue weighted by atomic mass is 10.1. The second-order valence-corrected chi connectivity index (χ2v) is 6.79. The molecule has 2 aromatic rings. The SMILES string of the molecule is O=C(NCCC1CCN(C(=O)c2cc(Cl)c[nH]2)C1)c1cc(Cl)c[nH]1. The van der Waals surface area contributed by atoms with Crippen molar-refractivity contribution in [3.05, 3.63) is 46.0 Å². The van der Waals surface area contributed by atoms with E-state index in [9.17, 15) is 9.59 Å². The third-order valence-corrected chi connectivity index (χ3v) is 4.62. The zero-order valence-electron chi connectivity index (χ0n) is 12.9. The first-order valence-corrected chi connectivity index (χ1v) is 8.54. The van der Waals surface area contributed by atoms with Crippen LogP contribution in [-0.2, 0) is 0 Å². The van der Waals surface area contributed by atoms with E-state index < -0.39 is 0 Å². The molecular formula is C16H18Cl2N4O2. The molecule has 24 heavy (non-hydrogen) atoms. The second-order valence-electron chi connectivity index (χ2n) is 5.91. The van der Waals surface area contributed by atoms with Crippen LogP contribution in [0.4, 0.5) is 0 Å². The van der Waals surface area contributed by atoms with Gasteiger partial charge in [-0.2, -0.15) is 0 Å². The summed E-state index contributed by atoms with van der Waals surface area (Å²) >= 11 is 11.6. The number of hydrogen-bond acceptors (Lipinski definition) is 2. The molecule has 0 aromatic carbocycles. The molecule has 1 aliphatic heterocycles. The van der Waals surface area contributed by atoms with E-state index >= 15 is 0 Å². The van der Waals surface area contributed by atoms with E-state index in [1.54, 1.807) is 24.5 Å². The van der Waals surface area contributed by atoms with Gasteiger partial charge in [0.2, 0.25) is 0 Å². The van der Waals surface area contributed by atoms with Gasteiger partial charge in [0.05, 0.1) is 10.0 Å². The van der Waals surface area contributed by atoms with Crippen LogP contribution in [-0.4, -0.2) is 46.3 Å². The normalized spacial score (nSPS) is 17.2. The van der Waals surface area contributed by atoms with Gasteiger partial charge in [0.25, 0.3) is 11.8 Å². The zero-order chi connectivity index (χ0) is 17.1. The number of hydrogen-bond donors (Lipinski definition) is 3. The number of aromatic amines is 2. The van der Waals surface area contributed by atoms with E-state index in [0.29, 0.717) is 40.4 Å². The zero-order valence-corrected chi connectivity index (χ0v) is 14.5. The maximum atomic E-state index is 12.3. The standard InChI is InChI=1S/C16H18Cl2N4O2/c17-11-5-13(20-7-11)15(23)19-3-1-10-2-4-22(9-10)16(24)14-6-12(18)8-21-14/h5-8,10,20-21H,1-4,9H2,(H,19,23). The van der Waals surface area contributed by atoms with Crippen molar-refractivity contribution in [2.45, 2.75) is 12.8 Å². The molecule has 1 saturated heterocycles. The fourth-order valence-corrected chi connectivity index (χ4v) is 3.23. The summed E-state index contributed by atoms with van der Waals surface area (Å²) in [5, 5.41) is 3.90. The van der Waals surface area contributed by atoms with Crippen molar-refractivity contribution in [1.29, 1.82) is 0 Å². The first kappa shape index (κ1) is 16.9. The molecule has 0 bridgehead atoms. The van der Waals surface area contributed by atoms with Gasteiger partial charge in [-0.25, -0.2) is 0 Å². The maximum absolute atomic E-state index is 12.3. The van der Waals surface area contributed by atoms with Gasteiger partial charge in [-0.1, -0.05) is 23.2 Å². The number of nitrogens with one attached hydrogen (secondary N) is 3. The first-order chi connectivity index (χ1) is 11.5. The molecule has 128 valence electrons. The molecule has 6 nitrogen and oxygen atoms in total. The van der Waals surface area contributed by atoms with Crippen molar-refractivity contribution >= 4 is 35.0 Å². The number of amides is 2. The Balaban J connectivity index is 1.43. The van der Waals surface area contributed by atoms with Crippen LogP contribution in [0.3, 0.4) is 0 Å². The number of carbonyl (C=O) groups excluding carboxylic acids is 2. The Morgan fingerprint density at radius 1 is 1.17 bits per heavy atom. The summed E-state index contributed by atoms with van der Waals surface area (Å²) in [7, 11) is 0. The van der Waals surface area contributed by atoms with E-state index in [2.05, 4.69) is 15.3 Å². The molecule has 2 aromatic heterocycles. The topological polar surface area (TPSA) is 81.0 Å². The molecule has 1 fully saturated rings. The van der Waals surface area contributed by atoms with Gasteiger partial charge in [-0.15, -0.1) is 0 Å². The van der Waals surface area contributed by atoms with Crippen molar-refractivity contribution < 1.29 is 9.59 Å². The average molecular weight is 369 g/mol. The molecule has 2 amide bonds. The van der Waals surface area contributed by atoms with Crippen LogP contribution in [0, 0.1) is 5.92 Å². The summed E-state index contributed by atoms with van der Waals surface area (Å²) in [6, 6.07) is 3.23. The predicted molar refractivity (Wildman–Crippen MR) is 92.6 cm³/mol. The van der Waals surface area contributed by atoms with Crippen LogP contribution in [0.25, 0.3) is 0 Å². The van der Waals surface area contributed by atoms with Crippen LogP contribution in [0.1, 0.15) is 33.8 Å². The Kier molecular flexibility index (Phi) is 5.16. The van der Waals surface area contributed by atoms with E-state index in [1.165, 1.54) is 0 Å². The molecule has 0 saturated carbocycles. The van der Waals surface area contributed by atoms with Crippen molar-refractivity contribution in [3.63, 3.8) is 0 Å². The third-order valence-electron chi connectivity index (χ3n) is 4.18. The molecule has 0 aliphatic carbocycles. The molecule has 3 N–H and O–H groups in total. The van der Waals surface area contributed by atoms with Crippen LogP contribution in [0.15, 0.2) is 24.5 Å². The van der Waals surface area contributed by atoms with Crippen LogP contribution >= 0.6 is 23.2 Å². The number of rotatable bonds is 5. The highest BCUT2D eigenvalue weighted by molar-refractivity contribution is 6.31. The van der Waals surface area contributed by atoms with Crippen LogP contribution in [0.5, 0.6) is 0 Å². The van der Waals surface area contributed by atoms with E-state index in [0.717, 1.165) is 19.4 Å². The van der Waals surface area contributed by atoms with Crippen LogP contribution in [0.2, 0.25) is 10.0 Å². The highest BCUT2D eigenvalue weighted by Crippen LogP contribution is 2.22. The highest BCUT2D eigenvalue weighted by atomic mass is 35.5. The molecule has 1 aliphatic rings. The summed E-state index contributed by atoms with van der Waals surface area (Å²) in [5.41, 5.74) is 0.962. The van der Waals surface area contributed by atoms with Gasteiger partial charge in [0, 0.05) is 32.0 Å². The monoisotopic (exact) mass is 368 g/mol. The number of carbonyl (C=O) groups is 2. The quantitative estimate of drug-likeness (QED) is 0.758. The summed E-state index contributed by atoms with van der Waals surface area (Å²) in [6.45, 7) is 1.98. The van der Waals surface area contributed by atoms with Crippen LogP contribution < -0.4 is 5.32 Å². The number of aromatic nitrogens is 2. The Labute approximate surface area is 149 Å². The van der Waals surface area contributed by atoms with Gasteiger partial charge in [-0.3, -0.25) is 9.59 Å². The van der Waals surface area contributed by atoms with Crippen molar-refractivity contribution in [1.82, 2.24) is 20.2 Å². The molecule has 3 heterocycles. The first-order valence-electron chi connectivity index (χ1n) is 7.78. The number of likely N-dealkylation sites (tertiary alicyclic amines) is 1. The smallest absolute Gasteiger partial charge is 0.270 e. The van der Waals surface area contributed by atoms with Crippen molar-refractivity contribution in [2.24, 2.45) is 5.92 Å². The molecule has 1 unspecified atom stereocenters. The maximum Gasteiger partial charge on any atom is 0.270 e. The molecule has 0 radical (unpaired) electrons. The fourth-order valence-electron chi connectivity index (χ4n) is 2.90. The van der Waals surface area contributed by atoms with Gasteiger partial charge >= 0.3 is 0 Å². The van der Waals surface area contributed by atoms with Gasteiger partial charge in [-0.05, 0) is 30.9 Å². The summed E-state index contributed by atoms with van der Waals surface area (Å²) in [6.07, 6.45) is 4.94. The molecule has 3 rings (SSSR count). The molecule has 8 heteroatoms. The summed E-state index contributed by atoms with van der Waals surface area (Å²) in [4.78, 5) is 31.7. The van der Waals surface area contributed by atoms with Crippen molar-refractivity contribution in [3.8, 4) is 0 Å². The Morgan fingerprint density at radius 2 is 1.83 bits per heavy atom. The largest absolute Gasteiger partial charge is 0.356 e. The van der Waals surface area contributed by atoms with Gasteiger partial charge < -0.3 is 20.2 Å². The minimum Gasteiger partial charge on any atom is -0.356 e. The van der Waals surface area contributed by atoms with E-state index in [4.69, 9.17) is 23.2 Å². The lowest BCUT2D eigenvalue weighted by Gasteiger charge is -2.15. The minimum absolute atomic E-state index is 0.0329. The summed E-state index contributed by atoms with van der Waals surface area (Å²) in [5.74, 6) is 0.176. The lowest BCUT2D eigenvalue weighted by Crippen LogP contribution is -2.30. The number of halogens is 2. The highest BCUT2D eigenvalue weighted by Gasteiger charge is 2.27. The minimum atomic E-state index is -0.172.